The lowest BCUT2D eigenvalue weighted by Gasteiger charge is -2.14. The number of nitrogens with two attached hydrogens (primary N) is 1. The van der Waals surface area contributed by atoms with Gasteiger partial charge >= 0.3 is 0 Å². The Morgan fingerprint density at radius 3 is 2.50 bits per heavy atom. The zero-order chi connectivity index (χ0) is 26.5. The van der Waals surface area contributed by atoms with Crippen molar-refractivity contribution in [3.63, 3.8) is 0 Å². The molecule has 2 amide bonds. The number of rotatable bonds is 12. The van der Waals surface area contributed by atoms with Crippen LogP contribution in [-0.2, 0) is 18.3 Å². The molecule has 0 atom stereocenters. The number of carbonyl (C=O) groups excluding carboxylic acids is 2. The summed E-state index contributed by atoms with van der Waals surface area (Å²) in [7, 11) is 1.87. The van der Waals surface area contributed by atoms with Crippen LogP contribution in [0.5, 0.6) is 0 Å². The van der Waals surface area contributed by atoms with Crippen LogP contribution in [0.1, 0.15) is 54.6 Å². The first-order valence-electron chi connectivity index (χ1n) is 13.3. The van der Waals surface area contributed by atoms with Crippen molar-refractivity contribution in [3.8, 4) is 28.2 Å². The molecule has 0 saturated heterocycles. The van der Waals surface area contributed by atoms with Crippen LogP contribution in [0.15, 0.2) is 67.1 Å². The normalized spacial score (nSPS) is 13.0. The minimum Gasteiger partial charge on any atom is -0.366 e. The first-order valence-corrected chi connectivity index (χ1v) is 13.3. The fraction of sp³-hybridized carbons (Fsp3) is 0.333. The Hall–Kier alpha value is -4.20. The van der Waals surface area contributed by atoms with E-state index in [4.69, 9.17) is 10.7 Å². The Labute approximate surface area is 222 Å². The third kappa shape index (κ3) is 5.85. The lowest BCUT2D eigenvalue weighted by molar-refractivity contribution is -0.122. The van der Waals surface area contributed by atoms with Crippen molar-refractivity contribution < 1.29 is 9.59 Å². The second kappa shape index (κ2) is 11.5. The van der Waals surface area contributed by atoms with Gasteiger partial charge in [0.1, 0.15) is 5.82 Å². The SMILES string of the molecule is Cn1cc(-c2cccc(C(N)=O)c2-c2nc(CCCCCCNC(=O)C3CC3)cn2-c2ccccc2)cn1. The Bertz CT molecular complexity index is 1420. The lowest BCUT2D eigenvalue weighted by atomic mass is 9.96. The maximum atomic E-state index is 12.6. The number of nitrogens with one attached hydrogen (secondary N) is 1. The summed E-state index contributed by atoms with van der Waals surface area (Å²) in [5.41, 5.74) is 10.7. The predicted octanol–water partition coefficient (Wildman–Crippen LogP) is 4.67. The molecule has 8 nitrogen and oxygen atoms in total. The van der Waals surface area contributed by atoms with Crippen molar-refractivity contribution in [1.82, 2.24) is 24.6 Å². The van der Waals surface area contributed by atoms with E-state index in [0.717, 1.165) is 74.0 Å². The van der Waals surface area contributed by atoms with Gasteiger partial charge in [0.15, 0.2) is 0 Å². The van der Waals surface area contributed by atoms with Gasteiger partial charge in [-0.25, -0.2) is 4.98 Å². The monoisotopic (exact) mass is 510 g/mol. The number of imidazole rings is 1. The molecule has 2 heterocycles. The largest absolute Gasteiger partial charge is 0.366 e. The summed E-state index contributed by atoms with van der Waals surface area (Å²) < 4.78 is 3.78. The molecule has 0 aliphatic heterocycles. The second-order valence-corrected chi connectivity index (χ2v) is 9.99. The molecular weight excluding hydrogens is 476 g/mol. The molecule has 3 N–H and O–H groups in total. The molecule has 5 rings (SSSR count). The van der Waals surface area contributed by atoms with Crippen LogP contribution in [0.2, 0.25) is 0 Å². The molecule has 1 aliphatic rings. The van der Waals surface area contributed by atoms with Crippen molar-refractivity contribution in [2.75, 3.05) is 6.54 Å². The Morgan fingerprint density at radius 1 is 1.00 bits per heavy atom. The van der Waals surface area contributed by atoms with Crippen LogP contribution >= 0.6 is 0 Å². The standard InChI is InChI=1S/C30H34N6O2/c1-35-19-22(18-33-35)25-13-9-14-26(28(31)37)27(25)29-34-23(20-36(29)24-11-6-4-7-12-24)10-5-2-3-8-17-32-30(38)21-15-16-21/h4,6-7,9,11-14,18-21H,2-3,5,8,10,15-17H2,1H3,(H2,31,37)(H,32,38). The van der Waals surface area contributed by atoms with Gasteiger partial charge in [0, 0.05) is 48.7 Å². The van der Waals surface area contributed by atoms with Crippen molar-refractivity contribution >= 4 is 11.8 Å². The highest BCUT2D eigenvalue weighted by Gasteiger charge is 2.29. The summed E-state index contributed by atoms with van der Waals surface area (Å²) in [4.78, 5) is 29.4. The number of aryl methyl sites for hydroxylation is 2. The predicted molar refractivity (Wildman–Crippen MR) is 148 cm³/mol. The number of primary amides is 1. The third-order valence-electron chi connectivity index (χ3n) is 6.97. The Kier molecular flexibility index (Phi) is 7.67. The number of unbranched alkanes of at least 4 members (excludes halogenated alkanes) is 3. The molecule has 8 heteroatoms. The van der Waals surface area contributed by atoms with Crippen molar-refractivity contribution in [2.45, 2.75) is 44.9 Å². The number of benzene rings is 2. The van der Waals surface area contributed by atoms with E-state index in [1.165, 1.54) is 0 Å². The number of carbonyl (C=O) groups is 2. The summed E-state index contributed by atoms with van der Waals surface area (Å²) >= 11 is 0. The van der Waals surface area contributed by atoms with E-state index in [9.17, 15) is 9.59 Å². The molecule has 196 valence electrons. The molecule has 38 heavy (non-hydrogen) atoms. The third-order valence-corrected chi connectivity index (χ3v) is 6.97. The number of nitrogens with zero attached hydrogens (tertiary/aromatic N) is 4. The molecule has 0 radical (unpaired) electrons. The molecule has 0 bridgehead atoms. The second-order valence-electron chi connectivity index (χ2n) is 9.99. The summed E-state index contributed by atoms with van der Waals surface area (Å²) in [6, 6.07) is 15.6. The zero-order valence-corrected chi connectivity index (χ0v) is 21.8. The molecule has 2 aromatic carbocycles. The smallest absolute Gasteiger partial charge is 0.249 e. The topological polar surface area (TPSA) is 108 Å². The van der Waals surface area contributed by atoms with Crippen molar-refractivity contribution in [2.24, 2.45) is 18.7 Å². The number of hydrogen-bond acceptors (Lipinski definition) is 4. The number of aromatic nitrogens is 4. The number of hydrogen-bond donors (Lipinski definition) is 2. The molecule has 0 spiro atoms. The highest BCUT2D eigenvalue weighted by atomic mass is 16.2. The van der Waals surface area contributed by atoms with Crippen LogP contribution in [0.25, 0.3) is 28.2 Å². The van der Waals surface area contributed by atoms with Crippen LogP contribution in [0, 0.1) is 5.92 Å². The zero-order valence-electron chi connectivity index (χ0n) is 21.8. The van der Waals surface area contributed by atoms with Crippen LogP contribution in [-0.4, -0.2) is 37.7 Å². The minimum absolute atomic E-state index is 0.214. The van der Waals surface area contributed by atoms with E-state index in [1.807, 2.05) is 60.3 Å². The maximum absolute atomic E-state index is 12.6. The molecule has 0 unspecified atom stereocenters. The molecule has 1 saturated carbocycles. The first-order chi connectivity index (χ1) is 18.5. The Morgan fingerprint density at radius 2 is 1.79 bits per heavy atom. The van der Waals surface area contributed by atoms with Gasteiger partial charge in [0.2, 0.25) is 11.8 Å². The average Bonchev–Trinajstić information content (AvgIpc) is 3.56. The lowest BCUT2D eigenvalue weighted by Crippen LogP contribution is -2.25. The quantitative estimate of drug-likeness (QED) is 0.270. The van der Waals surface area contributed by atoms with E-state index in [2.05, 4.69) is 16.6 Å². The van der Waals surface area contributed by atoms with E-state index in [0.29, 0.717) is 17.0 Å². The molecule has 1 aliphatic carbocycles. The summed E-state index contributed by atoms with van der Waals surface area (Å²) in [5, 5.41) is 7.37. The van der Waals surface area contributed by atoms with Crippen molar-refractivity contribution in [1.29, 1.82) is 0 Å². The van der Waals surface area contributed by atoms with E-state index >= 15 is 0 Å². The van der Waals surface area contributed by atoms with Gasteiger partial charge in [-0.15, -0.1) is 0 Å². The van der Waals surface area contributed by atoms with Crippen LogP contribution < -0.4 is 11.1 Å². The van der Waals surface area contributed by atoms with Gasteiger partial charge in [-0.1, -0.05) is 43.2 Å². The highest BCUT2D eigenvalue weighted by molar-refractivity contribution is 6.03. The van der Waals surface area contributed by atoms with E-state index in [-0.39, 0.29) is 11.8 Å². The Balaban J connectivity index is 1.39. The van der Waals surface area contributed by atoms with Gasteiger partial charge in [0.05, 0.1) is 17.5 Å². The highest BCUT2D eigenvalue weighted by Crippen LogP contribution is 2.36. The molecule has 4 aromatic rings. The summed E-state index contributed by atoms with van der Waals surface area (Å²) in [6.07, 6.45) is 12.8. The number of para-hydroxylation sites is 1. The van der Waals surface area contributed by atoms with E-state index in [1.54, 1.807) is 16.9 Å². The molecule has 2 aromatic heterocycles. The van der Waals surface area contributed by atoms with Gasteiger partial charge < -0.3 is 11.1 Å². The van der Waals surface area contributed by atoms with Crippen LogP contribution in [0.3, 0.4) is 0 Å². The molecule has 1 fully saturated rings. The van der Waals surface area contributed by atoms with Crippen LogP contribution in [0.4, 0.5) is 0 Å². The summed E-state index contributed by atoms with van der Waals surface area (Å²) in [5.74, 6) is 0.666. The average molecular weight is 511 g/mol. The summed E-state index contributed by atoms with van der Waals surface area (Å²) in [6.45, 7) is 0.753. The first kappa shape index (κ1) is 25.4. The van der Waals surface area contributed by atoms with E-state index < -0.39 is 5.91 Å². The van der Waals surface area contributed by atoms with Gasteiger partial charge in [-0.2, -0.15) is 5.10 Å². The fourth-order valence-electron chi connectivity index (χ4n) is 4.80. The minimum atomic E-state index is -0.497. The van der Waals surface area contributed by atoms with Gasteiger partial charge in [-0.3, -0.25) is 18.8 Å². The van der Waals surface area contributed by atoms with Gasteiger partial charge in [-0.05, 0) is 55.9 Å². The fourth-order valence-corrected chi connectivity index (χ4v) is 4.80. The molecular formula is C30H34N6O2. The number of amides is 2. The maximum Gasteiger partial charge on any atom is 0.249 e. The van der Waals surface area contributed by atoms with Crippen molar-refractivity contribution in [3.05, 3.63) is 78.4 Å². The van der Waals surface area contributed by atoms with Gasteiger partial charge in [0.25, 0.3) is 0 Å².